The molecule has 0 bridgehead atoms. The fourth-order valence-electron chi connectivity index (χ4n) is 5.32. The minimum atomic E-state index is 0.336. The maximum absolute atomic E-state index is 6.14. The van der Waals surface area contributed by atoms with Gasteiger partial charge in [0.25, 0.3) is 0 Å². The van der Waals surface area contributed by atoms with Crippen LogP contribution in [0.3, 0.4) is 0 Å². The normalized spacial score (nSPS) is 20.4. The van der Waals surface area contributed by atoms with Crippen LogP contribution in [0.5, 0.6) is 0 Å². The number of hydrogen-bond acceptors (Lipinski definition) is 6. The zero-order valence-corrected chi connectivity index (χ0v) is 20.6. The molecule has 36 heavy (non-hydrogen) atoms. The van der Waals surface area contributed by atoms with Crippen LogP contribution in [0.1, 0.15) is 25.7 Å². The van der Waals surface area contributed by atoms with Crippen molar-refractivity contribution in [1.29, 1.82) is 0 Å². The zero-order valence-electron chi connectivity index (χ0n) is 20.6. The zero-order chi connectivity index (χ0) is 24.3. The summed E-state index contributed by atoms with van der Waals surface area (Å²) < 4.78 is 7.65. The molecule has 1 aromatic heterocycles. The second kappa shape index (κ2) is 10.2. The van der Waals surface area contributed by atoms with Gasteiger partial charge in [0.1, 0.15) is 11.8 Å². The fraction of sp³-hybridized carbons (Fsp3) is 0.345. The summed E-state index contributed by atoms with van der Waals surface area (Å²) in [6, 6.07) is 24.2. The van der Waals surface area contributed by atoms with E-state index in [0.717, 1.165) is 85.8 Å². The van der Waals surface area contributed by atoms with E-state index in [0.29, 0.717) is 12.1 Å². The molecule has 2 aliphatic rings. The highest BCUT2D eigenvalue weighted by molar-refractivity contribution is 5.94. The summed E-state index contributed by atoms with van der Waals surface area (Å²) in [6.07, 6.45) is 6.26. The summed E-state index contributed by atoms with van der Waals surface area (Å²) >= 11 is 0. The van der Waals surface area contributed by atoms with Crippen molar-refractivity contribution in [1.82, 2.24) is 9.55 Å². The molecule has 0 radical (unpaired) electrons. The largest absolute Gasteiger partial charge is 0.382 e. The van der Waals surface area contributed by atoms with Crippen LogP contribution in [0.4, 0.5) is 22.7 Å². The van der Waals surface area contributed by atoms with Crippen molar-refractivity contribution >= 4 is 33.8 Å². The molecule has 0 amide bonds. The van der Waals surface area contributed by atoms with E-state index in [1.54, 1.807) is 0 Å². The quantitative estimate of drug-likeness (QED) is 0.347. The van der Waals surface area contributed by atoms with Gasteiger partial charge in [-0.05, 0) is 74.2 Å². The van der Waals surface area contributed by atoms with Gasteiger partial charge >= 0.3 is 0 Å². The Morgan fingerprint density at radius 2 is 1.58 bits per heavy atom. The van der Waals surface area contributed by atoms with Crippen LogP contribution >= 0.6 is 0 Å². The minimum Gasteiger partial charge on any atom is -0.382 e. The fourth-order valence-corrected chi connectivity index (χ4v) is 5.32. The highest BCUT2D eigenvalue weighted by Crippen LogP contribution is 2.33. The number of para-hydroxylation sites is 1. The summed E-state index contributed by atoms with van der Waals surface area (Å²) in [7, 11) is 0. The third kappa shape index (κ3) is 4.90. The van der Waals surface area contributed by atoms with Gasteiger partial charge in [0.05, 0.1) is 24.4 Å². The first-order valence-corrected chi connectivity index (χ1v) is 13.0. The van der Waals surface area contributed by atoms with Crippen molar-refractivity contribution in [2.45, 2.75) is 37.8 Å². The smallest absolute Gasteiger partial charge is 0.112 e. The lowest BCUT2D eigenvalue weighted by Crippen LogP contribution is -2.36. The van der Waals surface area contributed by atoms with Crippen LogP contribution in [-0.4, -0.2) is 47.9 Å². The monoisotopic (exact) mass is 482 g/mol. The summed E-state index contributed by atoms with van der Waals surface area (Å²) in [5.41, 5.74) is 13.6. The number of anilines is 4. The van der Waals surface area contributed by atoms with Gasteiger partial charge in [-0.15, -0.1) is 0 Å². The van der Waals surface area contributed by atoms with E-state index in [4.69, 9.17) is 15.5 Å². The van der Waals surface area contributed by atoms with Gasteiger partial charge in [0.2, 0.25) is 0 Å². The summed E-state index contributed by atoms with van der Waals surface area (Å²) in [5, 5.41) is 7.43. The highest BCUT2D eigenvalue weighted by Gasteiger charge is 2.20. The number of rotatable bonds is 6. The molecule has 2 heterocycles. The second-order valence-electron chi connectivity index (χ2n) is 9.87. The van der Waals surface area contributed by atoms with E-state index < -0.39 is 0 Å². The third-order valence-electron chi connectivity index (χ3n) is 7.35. The van der Waals surface area contributed by atoms with Gasteiger partial charge in [0.15, 0.2) is 0 Å². The average Bonchev–Trinajstić information content (AvgIpc) is 3.36. The van der Waals surface area contributed by atoms with E-state index >= 15 is 0 Å². The van der Waals surface area contributed by atoms with E-state index in [-0.39, 0.29) is 0 Å². The second-order valence-corrected chi connectivity index (χ2v) is 9.87. The number of morpholine rings is 1. The van der Waals surface area contributed by atoms with Crippen LogP contribution in [0.25, 0.3) is 16.7 Å². The number of imidazole rings is 1. The van der Waals surface area contributed by atoms with Crippen LogP contribution in [0.2, 0.25) is 0 Å². The molecule has 4 aromatic rings. The number of benzene rings is 3. The first-order chi connectivity index (χ1) is 17.7. The molecule has 2 fully saturated rings. The van der Waals surface area contributed by atoms with E-state index in [9.17, 15) is 0 Å². The average molecular weight is 483 g/mol. The number of hydrogen-bond donors (Lipinski definition) is 3. The molecule has 7 heteroatoms. The molecular weight excluding hydrogens is 448 g/mol. The topological polar surface area (TPSA) is 80.4 Å². The number of nitrogens with two attached hydrogens (primary N) is 1. The molecule has 186 valence electrons. The molecule has 6 rings (SSSR count). The summed E-state index contributed by atoms with van der Waals surface area (Å²) in [5.74, 6) is 0. The van der Waals surface area contributed by atoms with Crippen molar-refractivity contribution in [3.8, 4) is 5.69 Å². The predicted molar refractivity (Wildman–Crippen MR) is 148 cm³/mol. The minimum absolute atomic E-state index is 0.336. The predicted octanol–water partition coefficient (Wildman–Crippen LogP) is 5.29. The molecule has 7 nitrogen and oxygen atoms in total. The van der Waals surface area contributed by atoms with Crippen molar-refractivity contribution in [2.75, 3.05) is 41.8 Å². The number of nitrogens with zero attached hydrogens (tertiary/aromatic N) is 3. The van der Waals surface area contributed by atoms with Gasteiger partial charge in [-0.3, -0.25) is 4.57 Å². The number of fused-ring (bicyclic) bond motifs is 1. The Morgan fingerprint density at radius 3 is 2.33 bits per heavy atom. The maximum Gasteiger partial charge on any atom is 0.112 e. The Kier molecular flexibility index (Phi) is 6.49. The maximum atomic E-state index is 6.14. The van der Waals surface area contributed by atoms with Crippen LogP contribution in [0.15, 0.2) is 73.1 Å². The molecular formula is C29H34N6O. The van der Waals surface area contributed by atoms with Crippen molar-refractivity contribution in [3.63, 3.8) is 0 Å². The SMILES string of the molecule is NC1CCC(Nc2cc(Nc3ccc(N4CCOCC4)cc3)c3ncn(-c4ccccc4)c3c2)CC1. The van der Waals surface area contributed by atoms with Crippen LogP contribution < -0.4 is 21.3 Å². The Labute approximate surface area is 212 Å². The van der Waals surface area contributed by atoms with E-state index in [1.807, 2.05) is 12.4 Å². The van der Waals surface area contributed by atoms with E-state index in [2.05, 4.69) is 80.8 Å². The molecule has 1 saturated carbocycles. The van der Waals surface area contributed by atoms with Gasteiger partial charge in [-0.1, -0.05) is 18.2 Å². The molecule has 1 aliphatic heterocycles. The Bertz CT molecular complexity index is 1290. The molecule has 0 spiro atoms. The lowest BCUT2D eigenvalue weighted by Gasteiger charge is -2.29. The molecule has 4 N–H and O–H groups in total. The molecule has 1 saturated heterocycles. The van der Waals surface area contributed by atoms with Gasteiger partial charge in [-0.25, -0.2) is 4.98 Å². The lowest BCUT2D eigenvalue weighted by molar-refractivity contribution is 0.122. The summed E-state index contributed by atoms with van der Waals surface area (Å²) in [4.78, 5) is 7.18. The van der Waals surface area contributed by atoms with Crippen molar-refractivity contribution < 1.29 is 4.74 Å². The number of nitrogens with one attached hydrogen (secondary N) is 2. The van der Waals surface area contributed by atoms with Crippen molar-refractivity contribution in [2.24, 2.45) is 5.73 Å². The third-order valence-corrected chi connectivity index (χ3v) is 7.35. The van der Waals surface area contributed by atoms with Crippen LogP contribution in [-0.2, 0) is 4.74 Å². The van der Waals surface area contributed by atoms with Crippen molar-refractivity contribution in [3.05, 3.63) is 73.1 Å². The molecule has 0 atom stereocenters. The molecule has 3 aromatic carbocycles. The summed E-state index contributed by atoms with van der Waals surface area (Å²) in [6.45, 7) is 3.44. The van der Waals surface area contributed by atoms with Gasteiger partial charge in [0, 0.05) is 47.9 Å². The van der Waals surface area contributed by atoms with Gasteiger partial charge in [-0.2, -0.15) is 0 Å². The first-order valence-electron chi connectivity index (χ1n) is 13.0. The lowest BCUT2D eigenvalue weighted by atomic mass is 9.91. The number of aromatic nitrogens is 2. The van der Waals surface area contributed by atoms with Crippen LogP contribution in [0, 0.1) is 0 Å². The van der Waals surface area contributed by atoms with E-state index in [1.165, 1.54) is 5.69 Å². The Balaban J connectivity index is 1.32. The first kappa shape index (κ1) is 22.9. The standard InChI is InChI=1S/C29H34N6O/c30-21-6-8-22(9-7-21)32-24-18-27(29-28(19-24)35(20-31-29)26-4-2-1-3-5-26)33-23-10-12-25(13-11-23)34-14-16-36-17-15-34/h1-5,10-13,18-22,32-33H,6-9,14-17,30H2. The molecule has 1 aliphatic carbocycles. The number of ether oxygens (including phenoxy) is 1. The highest BCUT2D eigenvalue weighted by atomic mass is 16.5. The molecule has 0 unspecified atom stereocenters. The van der Waals surface area contributed by atoms with Gasteiger partial charge < -0.3 is 26.0 Å². The Morgan fingerprint density at radius 1 is 0.833 bits per heavy atom. The Hall–Kier alpha value is -3.55.